The van der Waals surface area contributed by atoms with Crippen LogP contribution in [0.5, 0.6) is 0 Å². The lowest BCUT2D eigenvalue weighted by molar-refractivity contribution is -0.115. The van der Waals surface area contributed by atoms with E-state index in [1.165, 1.54) is 0 Å². The Balaban J connectivity index is 1.83. The summed E-state index contributed by atoms with van der Waals surface area (Å²) in [5, 5.41) is 8.21. The van der Waals surface area contributed by atoms with Crippen molar-refractivity contribution in [3.8, 4) is 0 Å². The van der Waals surface area contributed by atoms with Crippen LogP contribution >= 0.6 is 0 Å². The zero-order valence-corrected chi connectivity index (χ0v) is 16.3. The number of hydrogen-bond donors (Lipinski definition) is 3. The van der Waals surface area contributed by atoms with Gasteiger partial charge in [-0.25, -0.2) is 4.79 Å². The van der Waals surface area contributed by atoms with Gasteiger partial charge in [-0.15, -0.1) is 0 Å². The van der Waals surface area contributed by atoms with E-state index in [0.29, 0.717) is 13.2 Å². The van der Waals surface area contributed by atoms with Crippen molar-refractivity contribution in [3.63, 3.8) is 0 Å². The van der Waals surface area contributed by atoms with E-state index in [2.05, 4.69) is 16.0 Å². The Morgan fingerprint density at radius 2 is 1.59 bits per heavy atom. The summed E-state index contributed by atoms with van der Waals surface area (Å²) in [5.41, 5.74) is 5.93. The smallest absolute Gasteiger partial charge is 0.315 e. The molecule has 0 atom stereocenters. The fraction of sp³-hybridized carbons (Fsp3) is 0.333. The monoisotopic (exact) mass is 369 g/mol. The molecule has 2 aromatic carbocycles. The van der Waals surface area contributed by atoms with Gasteiger partial charge >= 0.3 is 6.03 Å². The van der Waals surface area contributed by atoms with Crippen molar-refractivity contribution in [1.29, 1.82) is 0 Å². The van der Waals surface area contributed by atoms with E-state index >= 15 is 0 Å². The Morgan fingerprint density at radius 3 is 2.22 bits per heavy atom. The van der Waals surface area contributed by atoms with Crippen molar-refractivity contribution in [1.82, 2.24) is 10.6 Å². The lowest BCUT2D eigenvalue weighted by Crippen LogP contribution is -2.40. The number of urea groups is 1. The molecule has 0 aliphatic heterocycles. The zero-order valence-electron chi connectivity index (χ0n) is 16.3. The standard InChI is InChI=1S/C21H27N3O3/c1-14-9-15(2)20(16(3)10-14)24-19(25)12-23-21(26)22-11-17-7-5-6-8-18(17)13-27-4/h5-10H,11-13H2,1-4H3,(H,24,25)(H2,22,23,26). The predicted molar refractivity (Wildman–Crippen MR) is 107 cm³/mol. The second-order valence-electron chi connectivity index (χ2n) is 6.56. The molecule has 144 valence electrons. The molecule has 27 heavy (non-hydrogen) atoms. The van der Waals surface area contributed by atoms with E-state index in [4.69, 9.17) is 4.74 Å². The van der Waals surface area contributed by atoms with E-state index < -0.39 is 6.03 Å². The highest BCUT2D eigenvalue weighted by atomic mass is 16.5. The van der Waals surface area contributed by atoms with Gasteiger partial charge in [0, 0.05) is 19.3 Å². The molecule has 0 radical (unpaired) electrons. The minimum Gasteiger partial charge on any atom is -0.380 e. The molecule has 0 saturated heterocycles. The van der Waals surface area contributed by atoms with Gasteiger partial charge < -0.3 is 20.7 Å². The number of carbonyl (C=O) groups is 2. The van der Waals surface area contributed by atoms with Crippen LogP contribution in [0.15, 0.2) is 36.4 Å². The van der Waals surface area contributed by atoms with E-state index in [-0.39, 0.29) is 12.5 Å². The molecule has 3 amide bonds. The van der Waals surface area contributed by atoms with Crippen molar-refractivity contribution in [2.75, 3.05) is 19.0 Å². The average molecular weight is 369 g/mol. The van der Waals surface area contributed by atoms with E-state index in [0.717, 1.165) is 33.5 Å². The van der Waals surface area contributed by atoms with Crippen LogP contribution in [0.3, 0.4) is 0 Å². The highest BCUT2D eigenvalue weighted by Crippen LogP contribution is 2.21. The molecule has 0 aliphatic carbocycles. The number of benzene rings is 2. The molecule has 2 aromatic rings. The van der Waals surface area contributed by atoms with Crippen LogP contribution in [-0.4, -0.2) is 25.6 Å². The Kier molecular flexibility index (Phi) is 7.37. The number of rotatable bonds is 7. The van der Waals surface area contributed by atoms with Crippen LogP contribution in [0.25, 0.3) is 0 Å². The molecule has 0 unspecified atom stereocenters. The molecule has 0 bridgehead atoms. The van der Waals surface area contributed by atoms with Crippen molar-refractivity contribution < 1.29 is 14.3 Å². The molecule has 0 heterocycles. The average Bonchev–Trinajstić information content (AvgIpc) is 2.62. The first-order valence-electron chi connectivity index (χ1n) is 8.85. The SMILES string of the molecule is COCc1ccccc1CNC(=O)NCC(=O)Nc1c(C)cc(C)cc1C. The van der Waals surface area contributed by atoms with Crippen LogP contribution in [0.4, 0.5) is 10.5 Å². The molecule has 0 aromatic heterocycles. The summed E-state index contributed by atoms with van der Waals surface area (Å²) in [5.74, 6) is -0.264. The first-order chi connectivity index (χ1) is 12.9. The first-order valence-corrected chi connectivity index (χ1v) is 8.85. The maximum absolute atomic E-state index is 12.1. The highest BCUT2D eigenvalue weighted by Gasteiger charge is 2.10. The number of amides is 3. The summed E-state index contributed by atoms with van der Waals surface area (Å²) in [6.07, 6.45) is 0. The lowest BCUT2D eigenvalue weighted by Gasteiger charge is -2.14. The quantitative estimate of drug-likeness (QED) is 0.701. The van der Waals surface area contributed by atoms with E-state index in [1.54, 1.807) is 7.11 Å². The van der Waals surface area contributed by atoms with E-state index in [9.17, 15) is 9.59 Å². The summed E-state index contributed by atoms with van der Waals surface area (Å²) in [6, 6.07) is 11.4. The fourth-order valence-electron chi connectivity index (χ4n) is 2.99. The molecule has 0 saturated carbocycles. The molecule has 0 aliphatic rings. The van der Waals surface area contributed by atoms with Gasteiger partial charge in [0.2, 0.25) is 5.91 Å². The molecule has 6 heteroatoms. The summed E-state index contributed by atoms with van der Waals surface area (Å²) in [4.78, 5) is 24.1. The summed E-state index contributed by atoms with van der Waals surface area (Å²) in [6.45, 7) is 6.67. The van der Waals surface area contributed by atoms with Gasteiger partial charge in [0.15, 0.2) is 0 Å². The number of methoxy groups -OCH3 is 1. The minimum absolute atomic E-state index is 0.0989. The van der Waals surface area contributed by atoms with Crippen LogP contribution in [-0.2, 0) is 22.7 Å². The molecule has 0 fully saturated rings. The number of anilines is 1. The van der Waals surface area contributed by atoms with Gasteiger partial charge in [-0.3, -0.25) is 4.79 Å². The number of ether oxygens (including phenoxy) is 1. The lowest BCUT2D eigenvalue weighted by atomic mass is 10.1. The van der Waals surface area contributed by atoms with E-state index in [1.807, 2.05) is 57.2 Å². The maximum atomic E-state index is 12.1. The van der Waals surface area contributed by atoms with Crippen molar-refractivity contribution in [3.05, 3.63) is 64.2 Å². The molecule has 2 rings (SSSR count). The third kappa shape index (κ3) is 6.11. The summed E-state index contributed by atoms with van der Waals surface area (Å²) >= 11 is 0. The van der Waals surface area contributed by atoms with Crippen LogP contribution in [0.1, 0.15) is 27.8 Å². The number of aryl methyl sites for hydroxylation is 3. The minimum atomic E-state index is -0.394. The molecular weight excluding hydrogens is 342 g/mol. The van der Waals surface area contributed by atoms with Gasteiger partial charge in [0.1, 0.15) is 0 Å². The number of nitrogens with one attached hydrogen (secondary N) is 3. The third-order valence-corrected chi connectivity index (χ3v) is 4.21. The van der Waals surface area contributed by atoms with Crippen LogP contribution < -0.4 is 16.0 Å². The summed E-state index contributed by atoms with van der Waals surface area (Å²) < 4.78 is 5.16. The zero-order chi connectivity index (χ0) is 19.8. The fourth-order valence-corrected chi connectivity index (χ4v) is 2.99. The van der Waals surface area contributed by atoms with Gasteiger partial charge in [-0.2, -0.15) is 0 Å². The third-order valence-electron chi connectivity index (χ3n) is 4.21. The predicted octanol–water partition coefficient (Wildman–Crippen LogP) is 3.20. The Hall–Kier alpha value is -2.86. The topological polar surface area (TPSA) is 79.5 Å². The molecule has 6 nitrogen and oxygen atoms in total. The normalized spacial score (nSPS) is 10.4. The Morgan fingerprint density at radius 1 is 0.963 bits per heavy atom. The van der Waals surface area contributed by atoms with Crippen molar-refractivity contribution >= 4 is 17.6 Å². The second kappa shape index (κ2) is 9.73. The Bertz CT molecular complexity index is 795. The van der Waals surface area contributed by atoms with Crippen LogP contribution in [0.2, 0.25) is 0 Å². The number of hydrogen-bond acceptors (Lipinski definition) is 3. The summed E-state index contributed by atoms with van der Waals surface area (Å²) in [7, 11) is 1.63. The largest absolute Gasteiger partial charge is 0.380 e. The van der Waals surface area contributed by atoms with Gasteiger partial charge in [0.25, 0.3) is 0 Å². The second-order valence-corrected chi connectivity index (χ2v) is 6.56. The van der Waals surface area contributed by atoms with Crippen LogP contribution in [0, 0.1) is 20.8 Å². The van der Waals surface area contributed by atoms with Gasteiger partial charge in [-0.1, -0.05) is 42.0 Å². The Labute approximate surface area is 160 Å². The number of carbonyl (C=O) groups excluding carboxylic acids is 2. The van der Waals surface area contributed by atoms with Gasteiger partial charge in [0.05, 0.1) is 13.2 Å². The van der Waals surface area contributed by atoms with Gasteiger partial charge in [-0.05, 0) is 43.0 Å². The highest BCUT2D eigenvalue weighted by molar-refractivity contribution is 5.95. The molecular formula is C21H27N3O3. The molecule has 0 spiro atoms. The maximum Gasteiger partial charge on any atom is 0.315 e. The van der Waals surface area contributed by atoms with Crippen molar-refractivity contribution in [2.24, 2.45) is 0 Å². The molecule has 3 N–H and O–H groups in total. The van der Waals surface area contributed by atoms with Crippen molar-refractivity contribution in [2.45, 2.75) is 33.9 Å². The first kappa shape index (κ1) is 20.5.